The van der Waals surface area contributed by atoms with Crippen molar-refractivity contribution in [3.05, 3.63) is 12.2 Å². The van der Waals surface area contributed by atoms with Gasteiger partial charge in [-0.15, -0.1) is 0 Å². The Balaban J connectivity index is 4.13. The molecule has 0 heterocycles. The fraction of sp³-hybridized carbons (Fsp3) is 0.946. The van der Waals surface area contributed by atoms with Gasteiger partial charge in [0.2, 0.25) is 0 Å². The quantitative estimate of drug-likeness (QED) is 0.0445. The molecule has 0 aromatic heterocycles. The molecule has 0 amide bonds. The second kappa shape index (κ2) is 33.2. The summed E-state index contributed by atoms with van der Waals surface area (Å²) in [6.45, 7) is 9.54. The zero-order chi connectivity index (χ0) is 27.8. The van der Waals surface area contributed by atoms with Crippen LogP contribution < -0.4 is 0 Å². The largest absolute Gasteiger partial charge is 0.0886 e. The highest BCUT2D eigenvalue weighted by Gasteiger charge is 2.16. The van der Waals surface area contributed by atoms with Crippen molar-refractivity contribution in [3.63, 3.8) is 0 Å². The summed E-state index contributed by atoms with van der Waals surface area (Å²) in [4.78, 5) is 0. The van der Waals surface area contributed by atoms with E-state index in [2.05, 4.69) is 39.8 Å². The summed E-state index contributed by atoms with van der Waals surface area (Å²) in [7, 11) is -0.649. The Labute approximate surface area is 245 Å². The highest BCUT2D eigenvalue weighted by Crippen LogP contribution is 2.25. The van der Waals surface area contributed by atoms with E-state index in [4.69, 9.17) is 0 Å². The standard InChI is InChI=1S/C37H76Si/c1-5-8-11-14-17-20-23-26-29-32-35-38(36-33-30-27-24-21-18-15-12-9-6-2)37(4)34-31-28-25-22-19-16-13-10-7-3/h31,34,37-38H,5-30,32-33,35-36H2,1-4H3. The molecule has 0 spiro atoms. The molecule has 38 heavy (non-hydrogen) atoms. The van der Waals surface area contributed by atoms with Crippen LogP contribution in [0.2, 0.25) is 17.6 Å². The van der Waals surface area contributed by atoms with Crippen LogP contribution in [0.25, 0.3) is 0 Å². The number of allylic oxidation sites excluding steroid dienone is 2. The van der Waals surface area contributed by atoms with Crippen LogP contribution in [0.5, 0.6) is 0 Å². The van der Waals surface area contributed by atoms with Crippen LogP contribution in [0, 0.1) is 0 Å². The molecule has 0 N–H and O–H groups in total. The van der Waals surface area contributed by atoms with E-state index >= 15 is 0 Å². The third kappa shape index (κ3) is 29.0. The van der Waals surface area contributed by atoms with Crippen LogP contribution >= 0.6 is 0 Å². The molecule has 1 atom stereocenters. The molecule has 0 bridgehead atoms. The minimum atomic E-state index is -0.649. The SMILES string of the molecule is CCCCCCCCCC=CC(C)[SiH](CCCCCCCCCCCC)CCCCCCCCCCCC. The van der Waals surface area contributed by atoms with Gasteiger partial charge in [-0.2, -0.15) is 0 Å². The Kier molecular flexibility index (Phi) is 33.1. The molecule has 228 valence electrons. The minimum Gasteiger partial charge on any atom is -0.0886 e. The highest BCUT2D eigenvalue weighted by molar-refractivity contribution is 6.60. The van der Waals surface area contributed by atoms with Crippen molar-refractivity contribution in [1.82, 2.24) is 0 Å². The fourth-order valence-electron chi connectivity index (χ4n) is 6.15. The van der Waals surface area contributed by atoms with E-state index in [0.717, 1.165) is 5.54 Å². The molecular formula is C37H76Si. The van der Waals surface area contributed by atoms with Gasteiger partial charge in [-0.1, -0.05) is 219 Å². The summed E-state index contributed by atoms with van der Waals surface area (Å²) < 4.78 is 0. The summed E-state index contributed by atoms with van der Waals surface area (Å²) in [5.41, 5.74) is 0.914. The van der Waals surface area contributed by atoms with Gasteiger partial charge in [0.1, 0.15) is 0 Å². The van der Waals surface area contributed by atoms with Crippen molar-refractivity contribution in [2.75, 3.05) is 0 Å². The Morgan fingerprint density at radius 3 is 1.03 bits per heavy atom. The van der Waals surface area contributed by atoms with Crippen molar-refractivity contribution in [1.29, 1.82) is 0 Å². The number of hydrogen-bond donors (Lipinski definition) is 0. The molecule has 0 rings (SSSR count). The molecule has 0 fully saturated rings. The van der Waals surface area contributed by atoms with Crippen LogP contribution in [0.1, 0.15) is 207 Å². The molecule has 0 aliphatic carbocycles. The molecule has 1 heteroatoms. The van der Waals surface area contributed by atoms with E-state index in [1.54, 1.807) is 12.1 Å². The lowest BCUT2D eigenvalue weighted by atomic mass is 10.1. The number of rotatable bonds is 32. The average molecular weight is 549 g/mol. The van der Waals surface area contributed by atoms with Gasteiger partial charge in [-0.25, -0.2) is 0 Å². The zero-order valence-corrected chi connectivity index (χ0v) is 28.7. The molecule has 0 aliphatic heterocycles. The van der Waals surface area contributed by atoms with Crippen LogP contribution in [0.4, 0.5) is 0 Å². The van der Waals surface area contributed by atoms with Crippen molar-refractivity contribution in [2.45, 2.75) is 225 Å². The Bertz CT molecular complexity index is 418. The van der Waals surface area contributed by atoms with Crippen LogP contribution in [-0.2, 0) is 0 Å². The highest BCUT2D eigenvalue weighted by atomic mass is 28.3. The predicted octanol–water partition coefficient (Wildman–Crippen LogP) is 14.1. The van der Waals surface area contributed by atoms with Crippen LogP contribution in [-0.4, -0.2) is 8.80 Å². The van der Waals surface area contributed by atoms with E-state index in [1.807, 2.05) is 0 Å². The van der Waals surface area contributed by atoms with E-state index in [1.165, 1.54) is 180 Å². The first kappa shape index (κ1) is 38.0. The van der Waals surface area contributed by atoms with Gasteiger partial charge in [0, 0.05) is 8.80 Å². The van der Waals surface area contributed by atoms with E-state index in [-0.39, 0.29) is 0 Å². The van der Waals surface area contributed by atoms with Gasteiger partial charge < -0.3 is 0 Å². The molecule has 0 aromatic carbocycles. The molecule has 1 unspecified atom stereocenters. The van der Waals surface area contributed by atoms with Gasteiger partial charge in [-0.3, -0.25) is 0 Å². The van der Waals surface area contributed by atoms with Gasteiger partial charge >= 0.3 is 0 Å². The second-order valence-electron chi connectivity index (χ2n) is 12.9. The summed E-state index contributed by atoms with van der Waals surface area (Å²) in [5.74, 6) is 0. The normalized spacial score (nSPS) is 12.8. The Morgan fingerprint density at radius 2 is 0.684 bits per heavy atom. The third-order valence-electron chi connectivity index (χ3n) is 9.01. The number of unbranched alkanes of at least 4 members (excludes halogenated alkanes) is 25. The molecule has 0 saturated carbocycles. The molecule has 0 aliphatic rings. The molecular weight excluding hydrogens is 472 g/mol. The number of hydrogen-bond acceptors (Lipinski definition) is 0. The Hall–Kier alpha value is -0.0431. The Morgan fingerprint density at radius 1 is 0.395 bits per heavy atom. The summed E-state index contributed by atoms with van der Waals surface area (Å²) >= 11 is 0. The molecule has 0 aromatic rings. The van der Waals surface area contributed by atoms with Crippen molar-refractivity contribution < 1.29 is 0 Å². The van der Waals surface area contributed by atoms with Crippen LogP contribution in [0.15, 0.2) is 12.2 Å². The van der Waals surface area contributed by atoms with E-state index in [9.17, 15) is 0 Å². The fourth-order valence-corrected chi connectivity index (χ4v) is 9.58. The van der Waals surface area contributed by atoms with Gasteiger partial charge in [0.05, 0.1) is 0 Å². The van der Waals surface area contributed by atoms with Crippen molar-refractivity contribution in [2.24, 2.45) is 0 Å². The zero-order valence-electron chi connectivity index (χ0n) is 27.5. The summed E-state index contributed by atoms with van der Waals surface area (Å²) in [5, 5.41) is 0. The minimum absolute atomic E-state index is 0.649. The lowest BCUT2D eigenvalue weighted by Gasteiger charge is -2.20. The maximum Gasteiger partial charge on any atom is 0.0437 e. The second-order valence-corrected chi connectivity index (χ2v) is 16.6. The maximum absolute atomic E-state index is 2.67. The smallest absolute Gasteiger partial charge is 0.0437 e. The predicted molar refractivity (Wildman–Crippen MR) is 182 cm³/mol. The summed E-state index contributed by atoms with van der Waals surface area (Å²) in [6, 6.07) is 3.22. The van der Waals surface area contributed by atoms with Crippen molar-refractivity contribution >= 4 is 8.80 Å². The van der Waals surface area contributed by atoms with Crippen LogP contribution in [0.3, 0.4) is 0 Å². The van der Waals surface area contributed by atoms with Crippen molar-refractivity contribution in [3.8, 4) is 0 Å². The van der Waals surface area contributed by atoms with Gasteiger partial charge in [-0.05, 0) is 18.4 Å². The van der Waals surface area contributed by atoms with E-state index in [0.29, 0.717) is 0 Å². The molecule has 0 nitrogen and oxygen atoms in total. The topological polar surface area (TPSA) is 0 Å². The summed E-state index contributed by atoms with van der Waals surface area (Å²) in [6.07, 6.45) is 46.1. The monoisotopic (exact) mass is 549 g/mol. The maximum atomic E-state index is 2.67. The first-order valence-electron chi connectivity index (χ1n) is 18.4. The average Bonchev–Trinajstić information content (AvgIpc) is 2.92. The molecule has 0 saturated heterocycles. The van der Waals surface area contributed by atoms with E-state index < -0.39 is 8.80 Å². The lowest BCUT2D eigenvalue weighted by Crippen LogP contribution is -2.17. The van der Waals surface area contributed by atoms with Gasteiger partial charge in [0.25, 0.3) is 0 Å². The first-order chi connectivity index (χ1) is 18.8. The molecule has 0 radical (unpaired) electrons. The lowest BCUT2D eigenvalue weighted by molar-refractivity contribution is 0.559. The van der Waals surface area contributed by atoms with Gasteiger partial charge in [0.15, 0.2) is 0 Å². The third-order valence-corrected chi connectivity index (χ3v) is 13.0. The first-order valence-corrected chi connectivity index (χ1v) is 20.7.